The molecule has 10 nitrogen and oxygen atoms in total. The summed E-state index contributed by atoms with van der Waals surface area (Å²) in [4.78, 5) is 23.8. The van der Waals surface area contributed by atoms with E-state index in [1.165, 1.54) is 0 Å². The highest BCUT2D eigenvalue weighted by Gasteiger charge is 2.23. The van der Waals surface area contributed by atoms with Crippen LogP contribution in [0, 0.1) is 5.41 Å². The van der Waals surface area contributed by atoms with Crippen LogP contribution < -0.4 is 20.9 Å². The summed E-state index contributed by atoms with van der Waals surface area (Å²) in [7, 11) is 1.57. The highest BCUT2D eigenvalue weighted by Crippen LogP contribution is 2.34. The molecule has 0 amide bonds. The Balaban J connectivity index is 1.78. The number of H-pyrrole nitrogens is 1. The van der Waals surface area contributed by atoms with Gasteiger partial charge in [0.05, 0.1) is 7.11 Å². The van der Waals surface area contributed by atoms with Crippen LogP contribution in [0.4, 0.5) is 0 Å². The lowest BCUT2D eigenvalue weighted by molar-refractivity contribution is 0.326. The summed E-state index contributed by atoms with van der Waals surface area (Å²) in [6, 6.07) is 14.6. The molecule has 0 bridgehead atoms. The van der Waals surface area contributed by atoms with Crippen molar-refractivity contribution in [3.8, 4) is 17.4 Å². The van der Waals surface area contributed by atoms with E-state index < -0.39 is 5.69 Å². The Morgan fingerprint density at radius 2 is 1.94 bits per heavy atom. The molecular weight excluding hydrogens is 446 g/mol. The van der Waals surface area contributed by atoms with Gasteiger partial charge in [0, 0.05) is 23.9 Å². The lowest BCUT2D eigenvalue weighted by Crippen LogP contribution is -2.18. The Labute approximate surface area is 201 Å². The molecule has 0 aliphatic rings. The first-order chi connectivity index (χ1) is 17.0. The summed E-state index contributed by atoms with van der Waals surface area (Å²) < 4.78 is 12.4. The van der Waals surface area contributed by atoms with Crippen LogP contribution in [0.5, 0.6) is 11.5 Å². The van der Waals surface area contributed by atoms with Gasteiger partial charge in [-0.15, -0.1) is 9.78 Å². The minimum Gasteiger partial charge on any atom is -0.493 e. The maximum Gasteiger partial charge on any atom is 0.350 e. The standard InChI is InChI=1S/C25H25N7O3/c1-3-13-35-21-15-18(9-10-20(21)34-2)19(14-16-5-7-17(8-6-16)22(26)27)23-30-25(33)32(31-23)24-28-11-4-12-29-24/h3-12,15,19H,1,13-14H2,2H3,(H3,26,27)(H,30,31,33). The molecule has 0 aliphatic heterocycles. The molecule has 2 aromatic carbocycles. The summed E-state index contributed by atoms with van der Waals surface area (Å²) in [5.41, 5.74) is 7.61. The average molecular weight is 472 g/mol. The topological polar surface area (TPSA) is 145 Å². The van der Waals surface area contributed by atoms with Gasteiger partial charge in [-0.3, -0.25) is 10.4 Å². The van der Waals surface area contributed by atoms with Crippen LogP contribution in [0.1, 0.15) is 28.4 Å². The molecule has 35 heavy (non-hydrogen) atoms. The molecule has 10 heteroatoms. The van der Waals surface area contributed by atoms with Crippen molar-refractivity contribution in [2.24, 2.45) is 5.73 Å². The predicted octanol–water partition coefficient (Wildman–Crippen LogP) is 2.58. The maximum atomic E-state index is 12.7. The number of nitrogens with two attached hydrogens (primary N) is 1. The number of methoxy groups -OCH3 is 1. The van der Waals surface area contributed by atoms with Crippen LogP contribution in [0.25, 0.3) is 5.95 Å². The van der Waals surface area contributed by atoms with Gasteiger partial charge in [0.2, 0.25) is 0 Å². The molecular formula is C25H25N7O3. The lowest BCUT2D eigenvalue weighted by Gasteiger charge is -2.18. The molecule has 0 saturated carbocycles. The number of benzene rings is 2. The third-order valence-electron chi connectivity index (χ3n) is 5.36. The first-order valence-corrected chi connectivity index (χ1v) is 10.8. The Hall–Kier alpha value is -4.73. The SMILES string of the molecule is C=CCOc1cc(C(Cc2ccc(C(=N)N)cc2)c2nn(-c3ncccn3)c(=O)[nH]2)ccc1OC. The van der Waals surface area contributed by atoms with Crippen molar-refractivity contribution in [2.45, 2.75) is 12.3 Å². The molecule has 4 aromatic rings. The molecule has 178 valence electrons. The van der Waals surface area contributed by atoms with Crippen LogP contribution in [-0.4, -0.2) is 44.3 Å². The Bertz CT molecular complexity index is 1380. The minimum atomic E-state index is -0.445. The van der Waals surface area contributed by atoms with Gasteiger partial charge in [-0.05, 0) is 35.7 Å². The van der Waals surface area contributed by atoms with Gasteiger partial charge in [0.15, 0.2) is 11.5 Å². The number of aromatic nitrogens is 5. The number of rotatable bonds is 10. The van der Waals surface area contributed by atoms with E-state index >= 15 is 0 Å². The Morgan fingerprint density at radius 3 is 2.60 bits per heavy atom. The zero-order valence-electron chi connectivity index (χ0n) is 19.1. The van der Waals surface area contributed by atoms with Gasteiger partial charge in [-0.2, -0.15) is 0 Å². The number of nitrogen functional groups attached to an aromatic ring is 1. The van der Waals surface area contributed by atoms with Crippen molar-refractivity contribution < 1.29 is 9.47 Å². The first kappa shape index (κ1) is 23.4. The number of nitrogens with zero attached hydrogens (tertiary/aromatic N) is 4. The summed E-state index contributed by atoms with van der Waals surface area (Å²) in [6.07, 6.45) is 5.25. The van der Waals surface area contributed by atoms with Crippen molar-refractivity contribution in [3.63, 3.8) is 0 Å². The average Bonchev–Trinajstić information content (AvgIpc) is 3.27. The molecule has 1 unspecified atom stereocenters. The summed E-state index contributed by atoms with van der Waals surface area (Å²) in [5, 5.41) is 12.1. The van der Waals surface area contributed by atoms with Crippen molar-refractivity contribution in [1.29, 1.82) is 5.41 Å². The van der Waals surface area contributed by atoms with E-state index in [9.17, 15) is 4.79 Å². The van der Waals surface area contributed by atoms with E-state index in [1.807, 2.05) is 30.3 Å². The van der Waals surface area contributed by atoms with Crippen LogP contribution in [-0.2, 0) is 6.42 Å². The smallest absolute Gasteiger partial charge is 0.350 e. The van der Waals surface area contributed by atoms with Gasteiger partial charge in [0.25, 0.3) is 5.95 Å². The molecule has 0 saturated heterocycles. The largest absolute Gasteiger partial charge is 0.493 e. The molecule has 0 fully saturated rings. The highest BCUT2D eigenvalue weighted by molar-refractivity contribution is 5.94. The van der Waals surface area contributed by atoms with Crippen LogP contribution in [0.3, 0.4) is 0 Å². The van der Waals surface area contributed by atoms with E-state index in [0.717, 1.165) is 15.8 Å². The van der Waals surface area contributed by atoms with Crippen LogP contribution in [0.15, 0.2) is 78.4 Å². The van der Waals surface area contributed by atoms with E-state index in [1.54, 1.807) is 43.8 Å². The van der Waals surface area contributed by atoms with Crippen LogP contribution >= 0.6 is 0 Å². The van der Waals surface area contributed by atoms with Gasteiger partial charge in [-0.25, -0.2) is 14.8 Å². The van der Waals surface area contributed by atoms with Crippen molar-refractivity contribution in [1.82, 2.24) is 24.7 Å². The van der Waals surface area contributed by atoms with Gasteiger partial charge in [0.1, 0.15) is 18.3 Å². The molecule has 2 aromatic heterocycles. The molecule has 0 aliphatic carbocycles. The van der Waals surface area contributed by atoms with Gasteiger partial charge < -0.3 is 15.2 Å². The second-order valence-electron chi connectivity index (χ2n) is 7.65. The second-order valence-corrected chi connectivity index (χ2v) is 7.65. The van der Waals surface area contributed by atoms with E-state index in [2.05, 4.69) is 26.6 Å². The molecule has 2 heterocycles. The summed E-state index contributed by atoms with van der Waals surface area (Å²) in [5.74, 6) is 1.41. The fourth-order valence-electron chi connectivity index (χ4n) is 3.63. The highest BCUT2D eigenvalue weighted by atomic mass is 16.5. The molecule has 4 N–H and O–H groups in total. The van der Waals surface area contributed by atoms with Crippen molar-refractivity contribution in [2.75, 3.05) is 13.7 Å². The number of hydrogen-bond acceptors (Lipinski definition) is 7. The maximum absolute atomic E-state index is 12.7. The molecule has 0 spiro atoms. The zero-order valence-corrected chi connectivity index (χ0v) is 19.1. The molecule has 4 rings (SSSR count). The number of ether oxygens (including phenoxy) is 2. The first-order valence-electron chi connectivity index (χ1n) is 10.8. The Kier molecular flexibility index (Phi) is 7.01. The van der Waals surface area contributed by atoms with Crippen molar-refractivity contribution >= 4 is 5.84 Å². The van der Waals surface area contributed by atoms with Crippen molar-refractivity contribution in [3.05, 3.63) is 107 Å². The van der Waals surface area contributed by atoms with Gasteiger partial charge >= 0.3 is 5.69 Å². The summed E-state index contributed by atoms with van der Waals surface area (Å²) in [6.45, 7) is 4.01. The van der Waals surface area contributed by atoms with Crippen LogP contribution in [0.2, 0.25) is 0 Å². The minimum absolute atomic E-state index is 0.00167. The zero-order chi connectivity index (χ0) is 24.8. The third-order valence-corrected chi connectivity index (χ3v) is 5.36. The monoisotopic (exact) mass is 471 g/mol. The number of aromatic amines is 1. The molecule has 0 radical (unpaired) electrons. The Morgan fingerprint density at radius 1 is 1.20 bits per heavy atom. The predicted molar refractivity (Wildman–Crippen MR) is 131 cm³/mol. The third kappa shape index (κ3) is 5.27. The number of nitrogens with one attached hydrogen (secondary N) is 2. The van der Waals surface area contributed by atoms with Gasteiger partial charge in [-0.1, -0.05) is 43.0 Å². The quantitative estimate of drug-likeness (QED) is 0.183. The number of amidine groups is 1. The fraction of sp³-hybridized carbons (Fsp3) is 0.160. The van der Waals surface area contributed by atoms with E-state index in [-0.39, 0.29) is 17.7 Å². The summed E-state index contributed by atoms with van der Waals surface area (Å²) >= 11 is 0. The fourth-order valence-corrected chi connectivity index (χ4v) is 3.63. The van der Waals surface area contributed by atoms with E-state index in [0.29, 0.717) is 35.9 Å². The normalized spacial score (nSPS) is 11.6. The number of hydrogen-bond donors (Lipinski definition) is 3. The second kappa shape index (κ2) is 10.5. The lowest BCUT2D eigenvalue weighted by atomic mass is 9.90. The molecule has 1 atom stereocenters. The van der Waals surface area contributed by atoms with E-state index in [4.69, 9.17) is 20.6 Å².